The van der Waals surface area contributed by atoms with Crippen LogP contribution in [0.25, 0.3) is 21.0 Å². The van der Waals surface area contributed by atoms with Crippen LogP contribution in [0.15, 0.2) is 52.4 Å². The Morgan fingerprint density at radius 3 is 2.82 bits per heavy atom. The minimum atomic E-state index is 0.146. The molecule has 2 heterocycles. The molecule has 0 fully saturated rings. The molecule has 0 bridgehead atoms. The Labute approximate surface area is 172 Å². The van der Waals surface area contributed by atoms with E-state index in [2.05, 4.69) is 42.5 Å². The van der Waals surface area contributed by atoms with Gasteiger partial charge in [-0.05, 0) is 54.5 Å². The van der Waals surface area contributed by atoms with Crippen LogP contribution in [0.3, 0.4) is 0 Å². The van der Waals surface area contributed by atoms with Crippen LogP contribution in [0.2, 0.25) is 0 Å². The molecule has 142 valence electrons. The van der Waals surface area contributed by atoms with Gasteiger partial charge < -0.3 is 0 Å². The van der Waals surface area contributed by atoms with Crippen molar-refractivity contribution in [2.24, 2.45) is 0 Å². The molecule has 5 heteroatoms. The van der Waals surface area contributed by atoms with Crippen LogP contribution in [0, 0.1) is 0 Å². The molecule has 3 nitrogen and oxygen atoms in total. The summed E-state index contributed by atoms with van der Waals surface area (Å²) in [6.07, 6.45) is 4.53. The second kappa shape index (κ2) is 7.37. The molecule has 0 N–H and O–H groups in total. The molecule has 0 saturated heterocycles. The Kier molecular flexibility index (Phi) is 4.73. The third-order valence-electron chi connectivity index (χ3n) is 5.59. The van der Waals surface area contributed by atoms with Gasteiger partial charge in [0.2, 0.25) is 0 Å². The lowest BCUT2D eigenvalue weighted by Crippen LogP contribution is -2.23. The zero-order valence-corrected chi connectivity index (χ0v) is 17.5. The summed E-state index contributed by atoms with van der Waals surface area (Å²) < 4.78 is 1.86. The van der Waals surface area contributed by atoms with Gasteiger partial charge in [-0.15, -0.1) is 11.3 Å². The van der Waals surface area contributed by atoms with Crippen molar-refractivity contribution in [3.05, 3.63) is 68.8 Å². The maximum absolute atomic E-state index is 13.3. The average Bonchev–Trinajstić information content (AvgIpc) is 3.11. The molecule has 2 aromatic carbocycles. The molecule has 28 heavy (non-hydrogen) atoms. The van der Waals surface area contributed by atoms with Gasteiger partial charge >= 0.3 is 0 Å². The molecule has 4 aromatic rings. The maximum Gasteiger partial charge on any atom is 0.263 e. The monoisotopic (exact) mass is 406 g/mol. The quantitative estimate of drug-likeness (QED) is 0.317. The fourth-order valence-corrected chi connectivity index (χ4v) is 6.54. The predicted molar refractivity (Wildman–Crippen MR) is 120 cm³/mol. The van der Waals surface area contributed by atoms with Gasteiger partial charge in [0.05, 0.1) is 5.39 Å². The lowest BCUT2D eigenvalue weighted by Gasteiger charge is -2.12. The van der Waals surface area contributed by atoms with E-state index in [-0.39, 0.29) is 5.56 Å². The van der Waals surface area contributed by atoms with Crippen LogP contribution in [0.5, 0.6) is 0 Å². The van der Waals surface area contributed by atoms with E-state index in [9.17, 15) is 4.79 Å². The summed E-state index contributed by atoms with van der Waals surface area (Å²) in [5.74, 6) is 0.810. The topological polar surface area (TPSA) is 34.9 Å². The molecule has 5 rings (SSSR count). The molecule has 0 saturated carbocycles. The van der Waals surface area contributed by atoms with E-state index >= 15 is 0 Å². The highest BCUT2D eigenvalue weighted by Gasteiger charge is 2.21. The average molecular weight is 407 g/mol. The van der Waals surface area contributed by atoms with E-state index in [1.807, 2.05) is 11.5 Å². The molecular weight excluding hydrogens is 384 g/mol. The van der Waals surface area contributed by atoms with Gasteiger partial charge in [0.1, 0.15) is 4.83 Å². The first-order valence-electron chi connectivity index (χ1n) is 9.90. The highest BCUT2D eigenvalue weighted by atomic mass is 32.2. The van der Waals surface area contributed by atoms with Crippen molar-refractivity contribution in [3.8, 4) is 0 Å². The third kappa shape index (κ3) is 2.97. The first-order valence-corrected chi connectivity index (χ1v) is 11.7. The molecule has 1 aliphatic rings. The molecule has 0 amide bonds. The number of nitrogens with zero attached hydrogens (tertiary/aromatic N) is 2. The first kappa shape index (κ1) is 18.0. The van der Waals surface area contributed by atoms with E-state index in [0.29, 0.717) is 6.54 Å². The lowest BCUT2D eigenvalue weighted by atomic mass is 9.97. The predicted octanol–water partition coefficient (Wildman–Crippen LogP) is 5.80. The fraction of sp³-hybridized carbons (Fsp3) is 0.304. The van der Waals surface area contributed by atoms with Gasteiger partial charge in [-0.1, -0.05) is 54.2 Å². The van der Waals surface area contributed by atoms with Gasteiger partial charge in [0, 0.05) is 17.2 Å². The Hall–Kier alpha value is -2.11. The number of fused-ring (bicyclic) bond motifs is 4. The van der Waals surface area contributed by atoms with Crippen molar-refractivity contribution >= 4 is 44.1 Å². The summed E-state index contributed by atoms with van der Waals surface area (Å²) in [5.41, 5.74) is 2.70. The minimum absolute atomic E-state index is 0.146. The van der Waals surface area contributed by atoms with Crippen LogP contribution in [0.1, 0.15) is 35.8 Å². The van der Waals surface area contributed by atoms with Gasteiger partial charge in [0.25, 0.3) is 5.56 Å². The van der Waals surface area contributed by atoms with Crippen LogP contribution in [0.4, 0.5) is 0 Å². The number of aromatic nitrogens is 2. The van der Waals surface area contributed by atoms with Crippen molar-refractivity contribution in [3.63, 3.8) is 0 Å². The van der Waals surface area contributed by atoms with E-state index in [1.165, 1.54) is 39.6 Å². The van der Waals surface area contributed by atoms with Crippen molar-refractivity contribution in [1.29, 1.82) is 0 Å². The van der Waals surface area contributed by atoms with Gasteiger partial charge in [-0.2, -0.15) is 0 Å². The normalized spacial score (nSPS) is 13.9. The summed E-state index contributed by atoms with van der Waals surface area (Å²) >= 11 is 3.41. The lowest BCUT2D eigenvalue weighted by molar-refractivity contribution is 0.633. The summed E-state index contributed by atoms with van der Waals surface area (Å²) in [6, 6.07) is 14.9. The van der Waals surface area contributed by atoms with Gasteiger partial charge in [-0.25, -0.2) is 4.98 Å². The van der Waals surface area contributed by atoms with Crippen LogP contribution < -0.4 is 5.56 Å². The van der Waals surface area contributed by atoms with Crippen molar-refractivity contribution < 1.29 is 0 Å². The summed E-state index contributed by atoms with van der Waals surface area (Å²) in [5, 5.41) is 4.25. The number of thioether (sulfide) groups is 1. The molecule has 2 aromatic heterocycles. The molecule has 0 unspecified atom stereocenters. The fourth-order valence-electron chi connectivity index (χ4n) is 4.17. The highest BCUT2D eigenvalue weighted by molar-refractivity contribution is 7.98. The van der Waals surface area contributed by atoms with Crippen LogP contribution in [-0.2, 0) is 25.1 Å². The molecule has 0 atom stereocenters. The molecule has 0 radical (unpaired) electrons. The number of benzene rings is 2. The molecule has 0 aliphatic heterocycles. The van der Waals surface area contributed by atoms with Crippen molar-refractivity contribution in [1.82, 2.24) is 9.55 Å². The minimum Gasteiger partial charge on any atom is -0.287 e. The van der Waals surface area contributed by atoms with E-state index in [1.54, 1.807) is 23.1 Å². The largest absolute Gasteiger partial charge is 0.287 e. The number of rotatable bonds is 4. The second-order valence-electron chi connectivity index (χ2n) is 7.26. The maximum atomic E-state index is 13.3. The molecular formula is C23H22N2OS2. The molecule has 0 spiro atoms. The van der Waals surface area contributed by atoms with E-state index in [4.69, 9.17) is 4.98 Å². The number of aryl methyl sites for hydroxylation is 2. The Bertz CT molecular complexity index is 1230. The van der Waals surface area contributed by atoms with Crippen LogP contribution in [-0.4, -0.2) is 9.55 Å². The number of hydrogen-bond acceptors (Lipinski definition) is 4. The second-order valence-corrected chi connectivity index (χ2v) is 9.29. The zero-order chi connectivity index (χ0) is 19.1. The molecule has 1 aliphatic carbocycles. The van der Waals surface area contributed by atoms with Crippen LogP contribution >= 0.6 is 23.1 Å². The standard InChI is InChI=1S/C23H22N2OS2/c1-2-25-22(26)20-18-12-5-6-13-19(18)28-21(20)24-23(25)27-14-16-10-7-9-15-8-3-4-11-17(15)16/h3-4,7-11H,2,5-6,12-14H2,1H3. The third-order valence-corrected chi connectivity index (χ3v) is 7.80. The summed E-state index contributed by atoms with van der Waals surface area (Å²) in [7, 11) is 0. The SMILES string of the molecule is CCn1c(SCc2cccc3ccccc23)nc2sc3c(c2c1=O)CCCC3. The first-order chi connectivity index (χ1) is 13.8. The Morgan fingerprint density at radius 1 is 1.11 bits per heavy atom. The zero-order valence-electron chi connectivity index (χ0n) is 15.9. The Morgan fingerprint density at radius 2 is 1.93 bits per heavy atom. The van der Waals surface area contributed by atoms with E-state index in [0.717, 1.165) is 34.0 Å². The van der Waals surface area contributed by atoms with Gasteiger partial charge in [-0.3, -0.25) is 9.36 Å². The van der Waals surface area contributed by atoms with Crippen molar-refractivity contribution in [2.45, 2.75) is 50.1 Å². The highest BCUT2D eigenvalue weighted by Crippen LogP contribution is 2.35. The smallest absolute Gasteiger partial charge is 0.263 e. The van der Waals surface area contributed by atoms with Crippen molar-refractivity contribution in [2.75, 3.05) is 0 Å². The summed E-state index contributed by atoms with van der Waals surface area (Å²) in [4.78, 5) is 20.5. The van der Waals surface area contributed by atoms with Gasteiger partial charge in [0.15, 0.2) is 5.16 Å². The summed E-state index contributed by atoms with van der Waals surface area (Å²) in [6.45, 7) is 2.69. The number of hydrogen-bond donors (Lipinski definition) is 0. The Balaban J connectivity index is 1.56. The number of thiophene rings is 1. The van der Waals surface area contributed by atoms with E-state index < -0.39 is 0 Å².